The Morgan fingerprint density at radius 2 is 2.00 bits per heavy atom. The van der Waals surface area contributed by atoms with Crippen LogP contribution in [0.4, 0.5) is 0 Å². The fourth-order valence-corrected chi connectivity index (χ4v) is 2.00. The molecule has 0 aromatic heterocycles. The molecule has 0 aromatic carbocycles. The average molecular weight is 252 g/mol. The summed E-state index contributed by atoms with van der Waals surface area (Å²) < 4.78 is 21.9. The fourth-order valence-electron chi connectivity index (χ4n) is 1.36. The highest BCUT2D eigenvalue weighted by Crippen LogP contribution is 1.95. The van der Waals surface area contributed by atoms with Crippen molar-refractivity contribution >= 4 is 9.84 Å². The zero-order valence-electron chi connectivity index (χ0n) is 10.4. The van der Waals surface area contributed by atoms with E-state index in [4.69, 9.17) is 5.11 Å². The van der Waals surface area contributed by atoms with Gasteiger partial charge in [0.2, 0.25) is 0 Å². The minimum Gasteiger partial charge on any atom is -0.395 e. The van der Waals surface area contributed by atoms with Gasteiger partial charge in [0.15, 0.2) is 0 Å². The molecule has 6 heteroatoms. The van der Waals surface area contributed by atoms with Crippen LogP contribution in [-0.4, -0.2) is 69.8 Å². The molecule has 5 nitrogen and oxygen atoms in total. The molecular weight excluding hydrogens is 228 g/mol. The normalized spacial score (nSPS) is 14.3. The molecule has 2 N–H and O–H groups in total. The molecule has 0 saturated carbocycles. The Balaban J connectivity index is 3.75. The van der Waals surface area contributed by atoms with Crippen molar-refractivity contribution in [3.63, 3.8) is 0 Å². The standard InChI is InChI=1S/C10H24N2O3S/c1-4-11-10(9-13)5-6-12(2)7-8-16(3,14)15/h10-11,13H,4-9H2,1-3H3. The Labute approximate surface area is 98.8 Å². The molecule has 1 atom stereocenters. The van der Waals surface area contributed by atoms with Gasteiger partial charge in [-0.2, -0.15) is 0 Å². The first-order valence-corrected chi connectivity index (χ1v) is 7.65. The Kier molecular flexibility index (Phi) is 7.91. The van der Waals surface area contributed by atoms with Gasteiger partial charge in [-0.1, -0.05) is 6.92 Å². The summed E-state index contributed by atoms with van der Waals surface area (Å²) in [6.07, 6.45) is 2.07. The summed E-state index contributed by atoms with van der Waals surface area (Å²) in [7, 11) is -0.986. The van der Waals surface area contributed by atoms with E-state index < -0.39 is 9.84 Å². The van der Waals surface area contributed by atoms with E-state index in [9.17, 15) is 8.42 Å². The monoisotopic (exact) mass is 252 g/mol. The molecule has 1 unspecified atom stereocenters. The number of nitrogens with one attached hydrogen (secondary N) is 1. The molecule has 0 aliphatic carbocycles. The van der Waals surface area contributed by atoms with Crippen molar-refractivity contribution in [3.05, 3.63) is 0 Å². The van der Waals surface area contributed by atoms with Gasteiger partial charge in [0.05, 0.1) is 12.4 Å². The van der Waals surface area contributed by atoms with Crippen LogP contribution < -0.4 is 5.32 Å². The third-order valence-corrected chi connectivity index (χ3v) is 3.34. The largest absolute Gasteiger partial charge is 0.395 e. The summed E-state index contributed by atoms with van der Waals surface area (Å²) in [5.74, 6) is 0.189. The van der Waals surface area contributed by atoms with E-state index >= 15 is 0 Å². The molecule has 98 valence electrons. The van der Waals surface area contributed by atoms with Crippen LogP contribution in [0.5, 0.6) is 0 Å². The van der Waals surface area contributed by atoms with Gasteiger partial charge in [-0.25, -0.2) is 8.42 Å². The predicted octanol–water partition coefficient (Wildman–Crippen LogP) is -0.677. The minimum absolute atomic E-state index is 0.102. The fraction of sp³-hybridized carbons (Fsp3) is 1.00. The zero-order chi connectivity index (χ0) is 12.6. The van der Waals surface area contributed by atoms with Crippen molar-refractivity contribution in [3.8, 4) is 0 Å². The number of rotatable bonds is 9. The number of sulfone groups is 1. The second-order valence-electron chi connectivity index (χ2n) is 4.16. The number of hydrogen-bond donors (Lipinski definition) is 2. The van der Waals surface area contributed by atoms with Crippen LogP contribution >= 0.6 is 0 Å². The SMILES string of the molecule is CCNC(CO)CCN(C)CCS(C)(=O)=O. The van der Waals surface area contributed by atoms with E-state index in [0.717, 1.165) is 19.5 Å². The molecule has 0 bridgehead atoms. The van der Waals surface area contributed by atoms with Crippen LogP contribution in [-0.2, 0) is 9.84 Å². The van der Waals surface area contributed by atoms with Crippen LogP contribution in [0.15, 0.2) is 0 Å². The summed E-state index contributed by atoms with van der Waals surface area (Å²) in [6, 6.07) is 0.102. The van der Waals surface area contributed by atoms with Crippen molar-refractivity contribution < 1.29 is 13.5 Å². The smallest absolute Gasteiger partial charge is 0.148 e. The quantitative estimate of drug-likeness (QED) is 0.569. The number of aliphatic hydroxyl groups is 1. The topological polar surface area (TPSA) is 69.6 Å². The Morgan fingerprint density at radius 3 is 2.44 bits per heavy atom. The van der Waals surface area contributed by atoms with E-state index in [1.54, 1.807) is 0 Å². The summed E-state index contributed by atoms with van der Waals surface area (Å²) in [6.45, 7) is 4.28. The second kappa shape index (κ2) is 8.00. The van der Waals surface area contributed by atoms with Crippen molar-refractivity contribution in [2.45, 2.75) is 19.4 Å². The van der Waals surface area contributed by atoms with Crippen molar-refractivity contribution in [1.82, 2.24) is 10.2 Å². The van der Waals surface area contributed by atoms with Crippen LogP contribution in [0.1, 0.15) is 13.3 Å². The van der Waals surface area contributed by atoms with Gasteiger partial charge in [0, 0.05) is 18.8 Å². The number of aliphatic hydroxyl groups excluding tert-OH is 1. The first-order valence-electron chi connectivity index (χ1n) is 5.59. The van der Waals surface area contributed by atoms with E-state index in [1.165, 1.54) is 6.26 Å². The van der Waals surface area contributed by atoms with Gasteiger partial charge in [0.1, 0.15) is 9.84 Å². The van der Waals surface area contributed by atoms with Gasteiger partial charge in [-0.05, 0) is 26.6 Å². The number of hydrogen-bond acceptors (Lipinski definition) is 5. The van der Waals surface area contributed by atoms with Gasteiger partial charge in [-0.15, -0.1) is 0 Å². The lowest BCUT2D eigenvalue weighted by molar-refractivity contribution is 0.221. The van der Waals surface area contributed by atoms with Crippen LogP contribution in [0.2, 0.25) is 0 Å². The highest BCUT2D eigenvalue weighted by molar-refractivity contribution is 7.90. The molecular formula is C10H24N2O3S. The molecule has 0 fully saturated rings. The first kappa shape index (κ1) is 15.8. The van der Waals surface area contributed by atoms with Gasteiger partial charge in [0.25, 0.3) is 0 Å². The van der Waals surface area contributed by atoms with E-state index in [-0.39, 0.29) is 18.4 Å². The van der Waals surface area contributed by atoms with Crippen LogP contribution in [0.25, 0.3) is 0 Å². The molecule has 0 aliphatic heterocycles. The van der Waals surface area contributed by atoms with Crippen LogP contribution in [0.3, 0.4) is 0 Å². The van der Waals surface area contributed by atoms with Gasteiger partial charge >= 0.3 is 0 Å². The Bertz CT molecular complexity index is 267. The number of nitrogens with zero attached hydrogens (tertiary/aromatic N) is 1. The lowest BCUT2D eigenvalue weighted by Gasteiger charge is -2.20. The summed E-state index contributed by atoms with van der Waals surface area (Å²) in [4.78, 5) is 1.97. The van der Waals surface area contributed by atoms with Crippen molar-refractivity contribution in [1.29, 1.82) is 0 Å². The molecule has 0 rings (SSSR count). The highest BCUT2D eigenvalue weighted by atomic mass is 32.2. The maximum absolute atomic E-state index is 11.0. The van der Waals surface area contributed by atoms with Crippen molar-refractivity contribution in [2.24, 2.45) is 0 Å². The minimum atomic E-state index is -2.88. The Hall–Kier alpha value is -0.170. The number of likely N-dealkylation sites (N-methyl/N-ethyl adjacent to an activating group) is 1. The van der Waals surface area contributed by atoms with E-state index in [0.29, 0.717) is 6.54 Å². The zero-order valence-corrected chi connectivity index (χ0v) is 11.3. The second-order valence-corrected chi connectivity index (χ2v) is 6.42. The lowest BCUT2D eigenvalue weighted by atomic mass is 10.2. The first-order chi connectivity index (χ1) is 7.39. The molecule has 0 heterocycles. The predicted molar refractivity (Wildman–Crippen MR) is 66.4 cm³/mol. The van der Waals surface area contributed by atoms with E-state index in [1.807, 2.05) is 18.9 Å². The van der Waals surface area contributed by atoms with Gasteiger partial charge in [-0.3, -0.25) is 0 Å². The molecule has 0 aromatic rings. The van der Waals surface area contributed by atoms with Crippen molar-refractivity contribution in [2.75, 3.05) is 45.3 Å². The molecule has 0 spiro atoms. The average Bonchev–Trinajstić information content (AvgIpc) is 2.20. The van der Waals surface area contributed by atoms with Gasteiger partial charge < -0.3 is 15.3 Å². The molecule has 0 aliphatic rings. The maximum atomic E-state index is 11.0. The third-order valence-electron chi connectivity index (χ3n) is 2.42. The molecule has 0 amide bonds. The highest BCUT2D eigenvalue weighted by Gasteiger charge is 2.09. The van der Waals surface area contributed by atoms with Crippen LogP contribution in [0, 0.1) is 0 Å². The third kappa shape index (κ3) is 9.08. The molecule has 0 saturated heterocycles. The summed E-state index contributed by atoms with van der Waals surface area (Å²) >= 11 is 0. The molecule has 16 heavy (non-hydrogen) atoms. The van der Waals surface area contributed by atoms with E-state index in [2.05, 4.69) is 5.32 Å². The lowest BCUT2D eigenvalue weighted by Crippen LogP contribution is -2.36. The Morgan fingerprint density at radius 1 is 1.38 bits per heavy atom. The molecule has 0 radical (unpaired) electrons. The maximum Gasteiger partial charge on any atom is 0.148 e. The summed E-state index contributed by atoms with van der Waals surface area (Å²) in [5, 5.41) is 12.2. The summed E-state index contributed by atoms with van der Waals surface area (Å²) in [5.41, 5.74) is 0.